The largest absolute Gasteiger partial charge is 0.352 e. The fourth-order valence-corrected chi connectivity index (χ4v) is 6.28. The van der Waals surface area contributed by atoms with Crippen LogP contribution >= 0.6 is 15.9 Å². The highest BCUT2D eigenvalue weighted by molar-refractivity contribution is 9.10. The Morgan fingerprint density at radius 1 is 0.814 bits per heavy atom. The highest BCUT2D eigenvalue weighted by Gasteiger charge is 2.34. The summed E-state index contributed by atoms with van der Waals surface area (Å²) in [6.07, 6.45) is 0.212. The highest BCUT2D eigenvalue weighted by Crippen LogP contribution is 2.25. The molecular weight excluding hydrogens is 633 g/mol. The number of benzene rings is 4. The molecule has 0 unspecified atom stereocenters. The van der Waals surface area contributed by atoms with Gasteiger partial charge >= 0.3 is 0 Å². The Bertz CT molecular complexity index is 1620. The van der Waals surface area contributed by atoms with E-state index in [9.17, 15) is 22.4 Å². The minimum absolute atomic E-state index is 0.0232. The molecule has 0 bridgehead atoms. The summed E-state index contributed by atoms with van der Waals surface area (Å²) in [6.45, 7) is 3.11. The minimum atomic E-state index is -4.24. The number of halogens is 2. The van der Waals surface area contributed by atoms with Gasteiger partial charge in [0, 0.05) is 23.5 Å². The van der Waals surface area contributed by atoms with Crippen LogP contribution in [0.1, 0.15) is 25.0 Å². The van der Waals surface area contributed by atoms with Gasteiger partial charge in [0.1, 0.15) is 18.4 Å². The van der Waals surface area contributed by atoms with Gasteiger partial charge in [-0.15, -0.1) is 0 Å². The number of amides is 2. The van der Waals surface area contributed by atoms with Crippen molar-refractivity contribution in [1.29, 1.82) is 0 Å². The molecule has 0 heterocycles. The second-order valence-electron chi connectivity index (χ2n) is 10.3. The summed E-state index contributed by atoms with van der Waals surface area (Å²) in [5.41, 5.74) is 1.71. The fourth-order valence-electron chi connectivity index (χ4n) is 4.58. The van der Waals surface area contributed by atoms with Gasteiger partial charge in [0.25, 0.3) is 10.0 Å². The van der Waals surface area contributed by atoms with Gasteiger partial charge in [-0.1, -0.05) is 76.6 Å². The molecule has 0 aliphatic heterocycles. The average Bonchev–Trinajstić information content (AvgIpc) is 2.99. The number of carbonyl (C=O) groups is 2. The highest BCUT2D eigenvalue weighted by atomic mass is 79.9. The Kier molecular flexibility index (Phi) is 10.7. The van der Waals surface area contributed by atoms with Crippen molar-refractivity contribution < 1.29 is 22.4 Å². The summed E-state index contributed by atoms with van der Waals surface area (Å²) in [5.74, 6) is -1.49. The van der Waals surface area contributed by atoms with Crippen LogP contribution in [0.5, 0.6) is 0 Å². The third kappa shape index (κ3) is 8.52. The molecule has 2 amide bonds. The van der Waals surface area contributed by atoms with Crippen molar-refractivity contribution >= 4 is 43.5 Å². The van der Waals surface area contributed by atoms with Crippen molar-refractivity contribution in [1.82, 2.24) is 10.2 Å². The maximum Gasteiger partial charge on any atom is 0.264 e. The van der Waals surface area contributed by atoms with E-state index in [1.54, 1.807) is 18.2 Å². The first-order chi connectivity index (χ1) is 20.5. The molecule has 4 aromatic rings. The molecule has 10 heteroatoms. The number of carbonyl (C=O) groups excluding carboxylic acids is 2. The number of hydrogen-bond donors (Lipinski definition) is 1. The van der Waals surface area contributed by atoms with E-state index in [1.165, 1.54) is 29.2 Å². The van der Waals surface area contributed by atoms with Gasteiger partial charge in [-0.05, 0) is 73.5 Å². The van der Waals surface area contributed by atoms with Gasteiger partial charge < -0.3 is 10.2 Å². The van der Waals surface area contributed by atoms with E-state index in [4.69, 9.17) is 0 Å². The van der Waals surface area contributed by atoms with E-state index in [1.807, 2.05) is 68.4 Å². The molecule has 0 radical (unpaired) electrons. The minimum Gasteiger partial charge on any atom is -0.352 e. The van der Waals surface area contributed by atoms with Gasteiger partial charge in [0.15, 0.2) is 0 Å². The first-order valence-electron chi connectivity index (χ1n) is 13.8. The van der Waals surface area contributed by atoms with Crippen molar-refractivity contribution in [2.24, 2.45) is 0 Å². The van der Waals surface area contributed by atoms with Crippen LogP contribution in [0, 0.1) is 5.82 Å². The Labute approximate surface area is 260 Å². The van der Waals surface area contributed by atoms with Crippen molar-refractivity contribution in [2.45, 2.75) is 43.8 Å². The van der Waals surface area contributed by atoms with E-state index >= 15 is 0 Å². The van der Waals surface area contributed by atoms with E-state index in [0.29, 0.717) is 0 Å². The van der Waals surface area contributed by atoms with Gasteiger partial charge in [-0.2, -0.15) is 0 Å². The lowest BCUT2D eigenvalue weighted by atomic mass is 10.0. The molecule has 0 aliphatic carbocycles. The molecule has 4 rings (SSSR count). The Morgan fingerprint density at radius 2 is 1.40 bits per heavy atom. The first-order valence-corrected chi connectivity index (χ1v) is 16.0. The third-order valence-electron chi connectivity index (χ3n) is 6.69. The van der Waals surface area contributed by atoms with Crippen molar-refractivity contribution in [2.75, 3.05) is 10.8 Å². The Balaban J connectivity index is 1.79. The molecule has 1 N–H and O–H groups in total. The predicted octanol–water partition coefficient (Wildman–Crippen LogP) is 5.95. The average molecular weight is 667 g/mol. The number of hydrogen-bond acceptors (Lipinski definition) is 4. The van der Waals surface area contributed by atoms with E-state index in [-0.39, 0.29) is 35.5 Å². The van der Waals surface area contributed by atoms with Gasteiger partial charge in [-0.25, -0.2) is 12.8 Å². The summed E-state index contributed by atoms with van der Waals surface area (Å²) < 4.78 is 43.4. The maximum atomic E-state index is 14.3. The van der Waals surface area contributed by atoms with Gasteiger partial charge in [0.2, 0.25) is 11.8 Å². The molecule has 43 heavy (non-hydrogen) atoms. The molecule has 0 saturated heterocycles. The predicted molar refractivity (Wildman–Crippen MR) is 169 cm³/mol. The maximum absolute atomic E-state index is 14.3. The molecular formula is C33H33BrFN3O4S. The van der Waals surface area contributed by atoms with Crippen LogP contribution in [-0.2, 0) is 32.6 Å². The third-order valence-corrected chi connectivity index (χ3v) is 9.01. The summed E-state index contributed by atoms with van der Waals surface area (Å²) in [5, 5.41) is 2.93. The molecule has 4 aromatic carbocycles. The van der Waals surface area contributed by atoms with E-state index in [2.05, 4.69) is 21.2 Å². The van der Waals surface area contributed by atoms with Crippen LogP contribution < -0.4 is 9.62 Å². The number of sulfonamides is 1. The molecule has 7 nitrogen and oxygen atoms in total. The molecule has 0 fully saturated rings. The number of rotatable bonds is 12. The Morgan fingerprint density at radius 3 is 1.98 bits per heavy atom. The van der Waals surface area contributed by atoms with Crippen molar-refractivity contribution in [3.05, 3.63) is 131 Å². The molecule has 224 valence electrons. The van der Waals surface area contributed by atoms with Crippen LogP contribution in [0.3, 0.4) is 0 Å². The lowest BCUT2D eigenvalue weighted by molar-refractivity contribution is -0.140. The van der Waals surface area contributed by atoms with Crippen LogP contribution in [0.25, 0.3) is 0 Å². The zero-order valence-corrected chi connectivity index (χ0v) is 26.3. The van der Waals surface area contributed by atoms with Crippen LogP contribution in [0.4, 0.5) is 10.1 Å². The summed E-state index contributed by atoms with van der Waals surface area (Å²) in [6, 6.07) is 28.2. The van der Waals surface area contributed by atoms with Crippen molar-refractivity contribution in [3.8, 4) is 0 Å². The SMILES string of the molecule is CC(C)NC(=O)[C@H](Cc1ccccc1)N(Cc1ccc(Br)cc1)C(=O)CN(c1ccc(F)cc1)S(=O)(=O)c1ccccc1. The van der Waals surface area contributed by atoms with Crippen LogP contribution in [0.15, 0.2) is 119 Å². The summed E-state index contributed by atoms with van der Waals surface area (Å²) in [7, 11) is -4.24. The number of anilines is 1. The second-order valence-corrected chi connectivity index (χ2v) is 13.1. The van der Waals surface area contributed by atoms with Crippen LogP contribution in [-0.4, -0.2) is 43.8 Å². The molecule has 0 spiro atoms. The lowest BCUT2D eigenvalue weighted by Gasteiger charge is -2.34. The lowest BCUT2D eigenvalue weighted by Crippen LogP contribution is -2.54. The standard InChI is InChI=1S/C33H33BrFN3O4S/c1-24(2)36-33(40)31(21-25-9-5-3-6-10-25)37(22-26-13-15-27(34)16-14-26)32(39)23-38(29-19-17-28(35)18-20-29)43(41,42)30-11-7-4-8-12-30/h3-20,24,31H,21-23H2,1-2H3,(H,36,40)/t31-/m0/s1. The molecule has 0 aromatic heterocycles. The summed E-state index contributed by atoms with van der Waals surface area (Å²) in [4.78, 5) is 29.4. The van der Waals surface area contributed by atoms with Crippen molar-refractivity contribution in [3.63, 3.8) is 0 Å². The molecule has 0 aliphatic rings. The topological polar surface area (TPSA) is 86.8 Å². The molecule has 0 saturated carbocycles. The van der Waals surface area contributed by atoms with Crippen LogP contribution in [0.2, 0.25) is 0 Å². The van der Waals surface area contributed by atoms with E-state index < -0.39 is 34.3 Å². The summed E-state index contributed by atoms with van der Waals surface area (Å²) >= 11 is 3.43. The van der Waals surface area contributed by atoms with E-state index in [0.717, 1.165) is 32.0 Å². The fraction of sp³-hybridized carbons (Fsp3) is 0.212. The zero-order chi connectivity index (χ0) is 31.0. The number of nitrogens with one attached hydrogen (secondary N) is 1. The molecule has 1 atom stereocenters. The van der Waals surface area contributed by atoms with Gasteiger partial charge in [-0.3, -0.25) is 13.9 Å². The Hall–Kier alpha value is -4.02. The normalized spacial score (nSPS) is 12.0. The zero-order valence-electron chi connectivity index (χ0n) is 23.9. The first kappa shape index (κ1) is 31.9. The number of nitrogens with zero attached hydrogens (tertiary/aromatic N) is 2. The smallest absolute Gasteiger partial charge is 0.264 e. The van der Waals surface area contributed by atoms with Gasteiger partial charge in [0.05, 0.1) is 10.6 Å². The quantitative estimate of drug-likeness (QED) is 0.203. The monoisotopic (exact) mass is 665 g/mol. The second kappa shape index (κ2) is 14.4.